The average Bonchev–Trinajstić information content (AvgIpc) is 3.38. The van der Waals surface area contributed by atoms with Crippen LogP contribution in [0.1, 0.15) is 17.5 Å². The van der Waals surface area contributed by atoms with E-state index in [-0.39, 0.29) is 30.8 Å². The van der Waals surface area contributed by atoms with Crippen LogP contribution in [0.15, 0.2) is 48.9 Å². The molecule has 35 heavy (non-hydrogen) atoms. The molecule has 4 N–H and O–H groups in total. The molecule has 3 aromatic rings. The number of nitrogens with two attached hydrogens (primary N) is 1. The van der Waals surface area contributed by atoms with Crippen molar-refractivity contribution >= 4 is 34.6 Å². The number of nitrogens with zero attached hydrogens (tertiary/aromatic N) is 3. The van der Waals surface area contributed by atoms with Gasteiger partial charge in [-0.2, -0.15) is 13.2 Å². The standard InChI is InChI=1S/C22H20F4N6O3/c23-14-6-18(19(33)29-8-12-5-13(9-28-7-12)22(24,25)26)32(10-14)21(35)30-16-11-31(20(27)34)17-4-2-1-3-15(16)17/h1-5,7,9,11,14,18H,6,8,10H2,(H2,27,34)(H,29,33)(H,30,35)/t14-,18+/m1/s1. The van der Waals surface area contributed by atoms with E-state index in [4.69, 9.17) is 5.73 Å². The normalized spacial score (nSPS) is 18.0. The molecule has 13 heteroatoms. The van der Waals surface area contributed by atoms with Crippen molar-refractivity contribution in [1.29, 1.82) is 0 Å². The van der Waals surface area contributed by atoms with E-state index >= 15 is 0 Å². The first-order valence-corrected chi connectivity index (χ1v) is 10.4. The minimum absolute atomic E-state index is 0.0956. The lowest BCUT2D eigenvalue weighted by molar-refractivity contribution is -0.137. The molecular weight excluding hydrogens is 472 g/mol. The van der Waals surface area contributed by atoms with Crippen LogP contribution in [0.4, 0.5) is 32.8 Å². The molecule has 3 heterocycles. The zero-order chi connectivity index (χ0) is 25.3. The summed E-state index contributed by atoms with van der Waals surface area (Å²) in [4.78, 5) is 41.9. The maximum atomic E-state index is 14.2. The highest BCUT2D eigenvalue weighted by Gasteiger charge is 2.40. The summed E-state index contributed by atoms with van der Waals surface area (Å²) in [6.07, 6.45) is -3.18. The minimum atomic E-state index is -4.59. The first-order chi connectivity index (χ1) is 16.5. The summed E-state index contributed by atoms with van der Waals surface area (Å²) < 4.78 is 53.9. The predicted molar refractivity (Wildman–Crippen MR) is 117 cm³/mol. The molecule has 4 rings (SSSR count). The Hall–Kier alpha value is -4.16. The van der Waals surface area contributed by atoms with Gasteiger partial charge in [0, 0.05) is 36.9 Å². The quantitative estimate of drug-likeness (QED) is 0.484. The summed E-state index contributed by atoms with van der Waals surface area (Å²) >= 11 is 0. The lowest BCUT2D eigenvalue weighted by Crippen LogP contribution is -2.47. The van der Waals surface area contributed by atoms with Gasteiger partial charge in [-0.15, -0.1) is 0 Å². The van der Waals surface area contributed by atoms with E-state index in [9.17, 15) is 31.9 Å². The molecular formula is C22H20F4N6O3. The van der Waals surface area contributed by atoms with Crippen LogP contribution >= 0.6 is 0 Å². The molecule has 4 amide bonds. The molecule has 184 valence electrons. The molecule has 9 nitrogen and oxygen atoms in total. The van der Waals surface area contributed by atoms with Gasteiger partial charge in [0.1, 0.15) is 12.2 Å². The summed E-state index contributed by atoms with van der Waals surface area (Å²) in [5, 5.41) is 5.53. The number of halogens is 4. The van der Waals surface area contributed by atoms with Gasteiger partial charge in [0.15, 0.2) is 0 Å². The third-order valence-electron chi connectivity index (χ3n) is 5.59. The Kier molecular flexibility index (Phi) is 6.33. The highest BCUT2D eigenvalue weighted by molar-refractivity contribution is 6.05. The van der Waals surface area contributed by atoms with Gasteiger partial charge in [-0.05, 0) is 17.7 Å². The molecule has 0 saturated carbocycles. The number of primary amides is 1. The Morgan fingerprint density at radius 1 is 1.17 bits per heavy atom. The maximum absolute atomic E-state index is 14.2. The lowest BCUT2D eigenvalue weighted by Gasteiger charge is -2.23. The summed E-state index contributed by atoms with van der Waals surface area (Å²) in [6.45, 7) is -0.645. The number of alkyl halides is 4. The third kappa shape index (κ3) is 5.03. The number of benzene rings is 1. The molecule has 0 bridgehead atoms. The minimum Gasteiger partial charge on any atom is -0.351 e. The van der Waals surface area contributed by atoms with Gasteiger partial charge in [0.05, 0.1) is 23.3 Å². The van der Waals surface area contributed by atoms with Gasteiger partial charge in [-0.3, -0.25) is 14.3 Å². The van der Waals surface area contributed by atoms with Crippen LogP contribution in [0.5, 0.6) is 0 Å². The zero-order valence-corrected chi connectivity index (χ0v) is 18.1. The van der Waals surface area contributed by atoms with E-state index in [1.807, 2.05) is 0 Å². The van der Waals surface area contributed by atoms with Crippen molar-refractivity contribution in [3.05, 3.63) is 60.0 Å². The van der Waals surface area contributed by atoms with E-state index < -0.39 is 41.9 Å². The number of rotatable bonds is 4. The van der Waals surface area contributed by atoms with Gasteiger partial charge < -0.3 is 21.3 Å². The number of aromatic nitrogens is 2. The van der Waals surface area contributed by atoms with Gasteiger partial charge in [0.25, 0.3) is 0 Å². The topological polar surface area (TPSA) is 122 Å². The second-order valence-corrected chi connectivity index (χ2v) is 8.00. The summed E-state index contributed by atoms with van der Waals surface area (Å²) in [6, 6.07) is 4.76. The molecule has 0 spiro atoms. The number of hydrogen-bond acceptors (Lipinski definition) is 4. The zero-order valence-electron chi connectivity index (χ0n) is 18.1. The highest BCUT2D eigenvalue weighted by Crippen LogP contribution is 2.29. The number of hydrogen-bond donors (Lipinski definition) is 3. The lowest BCUT2D eigenvalue weighted by atomic mass is 10.1. The van der Waals surface area contributed by atoms with Crippen molar-refractivity contribution in [2.24, 2.45) is 5.73 Å². The molecule has 2 atom stereocenters. The highest BCUT2D eigenvalue weighted by atomic mass is 19.4. The SMILES string of the molecule is NC(=O)n1cc(NC(=O)N2C[C@H](F)C[C@H]2C(=O)NCc2cncc(C(F)(F)F)c2)c2ccccc21. The van der Waals surface area contributed by atoms with E-state index in [2.05, 4.69) is 15.6 Å². The first kappa shape index (κ1) is 24.0. The predicted octanol–water partition coefficient (Wildman–Crippen LogP) is 3.24. The second kappa shape index (κ2) is 9.24. The summed E-state index contributed by atoms with van der Waals surface area (Å²) in [5.74, 6) is -0.725. The van der Waals surface area contributed by atoms with Gasteiger partial charge >= 0.3 is 18.2 Å². The molecule has 1 saturated heterocycles. The van der Waals surface area contributed by atoms with E-state index in [1.54, 1.807) is 24.3 Å². The Morgan fingerprint density at radius 3 is 2.63 bits per heavy atom. The number of amides is 4. The molecule has 0 unspecified atom stereocenters. The molecule has 1 fully saturated rings. The number of anilines is 1. The van der Waals surface area contributed by atoms with Crippen LogP contribution in [-0.2, 0) is 17.5 Å². The smallest absolute Gasteiger partial charge is 0.351 e. The van der Waals surface area contributed by atoms with Crippen molar-refractivity contribution in [1.82, 2.24) is 19.8 Å². The fourth-order valence-corrected chi connectivity index (χ4v) is 3.95. The number of carbonyl (C=O) groups is 3. The molecule has 0 aliphatic carbocycles. The summed E-state index contributed by atoms with van der Waals surface area (Å²) in [5.41, 5.74) is 5.19. The monoisotopic (exact) mass is 492 g/mol. The largest absolute Gasteiger partial charge is 0.417 e. The van der Waals surface area contributed by atoms with Crippen LogP contribution in [-0.4, -0.2) is 51.2 Å². The molecule has 1 aromatic carbocycles. The number of para-hydroxylation sites is 1. The van der Waals surface area contributed by atoms with Crippen LogP contribution in [0.2, 0.25) is 0 Å². The van der Waals surface area contributed by atoms with Crippen molar-refractivity contribution < 1.29 is 31.9 Å². The Labute approximate surface area is 195 Å². The first-order valence-electron chi connectivity index (χ1n) is 10.4. The average molecular weight is 492 g/mol. The van der Waals surface area contributed by atoms with Crippen molar-refractivity contribution in [2.45, 2.75) is 31.4 Å². The Balaban J connectivity index is 1.47. The maximum Gasteiger partial charge on any atom is 0.417 e. The molecule has 1 aliphatic rings. The number of urea groups is 1. The van der Waals surface area contributed by atoms with Gasteiger partial charge in [-0.25, -0.2) is 14.0 Å². The van der Waals surface area contributed by atoms with Gasteiger partial charge in [-0.1, -0.05) is 18.2 Å². The molecule has 0 radical (unpaired) electrons. The molecule has 1 aliphatic heterocycles. The number of fused-ring (bicyclic) bond motifs is 1. The van der Waals surface area contributed by atoms with Crippen LogP contribution < -0.4 is 16.4 Å². The third-order valence-corrected chi connectivity index (χ3v) is 5.59. The second-order valence-electron chi connectivity index (χ2n) is 8.00. The van der Waals surface area contributed by atoms with Crippen molar-refractivity contribution in [3.8, 4) is 0 Å². The van der Waals surface area contributed by atoms with Crippen LogP contribution in [0.3, 0.4) is 0 Å². The summed E-state index contributed by atoms with van der Waals surface area (Å²) in [7, 11) is 0. The van der Waals surface area contributed by atoms with E-state index in [1.165, 1.54) is 12.4 Å². The van der Waals surface area contributed by atoms with Gasteiger partial charge in [0.2, 0.25) is 5.91 Å². The number of carbonyl (C=O) groups excluding carboxylic acids is 3. The Morgan fingerprint density at radius 2 is 1.91 bits per heavy atom. The van der Waals surface area contributed by atoms with E-state index in [0.29, 0.717) is 17.1 Å². The fraction of sp³-hybridized carbons (Fsp3) is 0.273. The Bertz CT molecular complexity index is 1290. The number of nitrogens with one attached hydrogen (secondary N) is 2. The number of pyridine rings is 1. The van der Waals surface area contributed by atoms with Crippen molar-refractivity contribution in [2.75, 3.05) is 11.9 Å². The van der Waals surface area contributed by atoms with Crippen LogP contribution in [0.25, 0.3) is 10.9 Å². The fourth-order valence-electron chi connectivity index (χ4n) is 3.95. The molecule has 2 aromatic heterocycles. The van der Waals surface area contributed by atoms with E-state index in [0.717, 1.165) is 15.5 Å². The van der Waals surface area contributed by atoms with Crippen molar-refractivity contribution in [3.63, 3.8) is 0 Å². The number of likely N-dealkylation sites (tertiary alicyclic amines) is 1. The van der Waals surface area contributed by atoms with Crippen LogP contribution in [0, 0.1) is 0 Å².